The molecule has 6 aliphatic rings. The van der Waals surface area contributed by atoms with Crippen LogP contribution in [0, 0.1) is 5.41 Å². The van der Waals surface area contributed by atoms with Gasteiger partial charge in [0.25, 0.3) is 15.9 Å². The molecule has 4 aliphatic heterocycles. The number of likely N-dealkylation sites (tertiary alicyclic amines) is 1. The number of piperidine rings is 1. The third-order valence-electron chi connectivity index (χ3n) is 15.3. The Morgan fingerprint density at radius 3 is 2.57 bits per heavy atom. The fourth-order valence-electron chi connectivity index (χ4n) is 11.5. The molecule has 2 saturated carbocycles. The minimum absolute atomic E-state index is 0.00447. The van der Waals surface area contributed by atoms with Gasteiger partial charge in [0.2, 0.25) is 0 Å². The number of benzene rings is 3. The smallest absolute Gasteiger partial charge is 0.268 e. The summed E-state index contributed by atoms with van der Waals surface area (Å²) in [5.74, 6) is 0.709. The molecule has 3 saturated heterocycles. The number of H-pyrrole nitrogens is 1. The molecule has 1 amide bonds. The van der Waals surface area contributed by atoms with Crippen molar-refractivity contribution in [1.29, 1.82) is 0 Å². The summed E-state index contributed by atoms with van der Waals surface area (Å²) in [5.41, 5.74) is 11.9. The number of hydrogen-bond donors (Lipinski definition) is 4. The molecule has 3 aromatic carbocycles. The maximum atomic E-state index is 14.2. The zero-order valence-corrected chi connectivity index (χ0v) is 38.2. The van der Waals surface area contributed by atoms with E-state index in [9.17, 15) is 13.2 Å². The minimum Gasteiger partial charge on any atom is -0.483 e. The number of nitrogens with two attached hydrogens (primary N) is 1. The Hall–Kier alpha value is -5.35. The molecule has 2 spiro atoms. The van der Waals surface area contributed by atoms with E-state index >= 15 is 0 Å². The molecular formula is C50H60N8O6S. The Morgan fingerprint density at radius 1 is 0.985 bits per heavy atom. The fraction of sp³-hybridized carbons (Fsp3) is 0.480. The lowest BCUT2D eigenvalue weighted by molar-refractivity contribution is -0.0227. The summed E-state index contributed by atoms with van der Waals surface area (Å²) >= 11 is 0. The van der Waals surface area contributed by atoms with Gasteiger partial charge in [0.05, 0.1) is 41.6 Å². The third kappa shape index (κ3) is 8.08. The van der Waals surface area contributed by atoms with Crippen molar-refractivity contribution in [2.45, 2.75) is 99.8 Å². The summed E-state index contributed by atoms with van der Waals surface area (Å²) in [7, 11) is -4.40. The van der Waals surface area contributed by atoms with Gasteiger partial charge in [-0.1, -0.05) is 38.1 Å². The molecule has 5 aromatic rings. The van der Waals surface area contributed by atoms with Crippen LogP contribution in [0.2, 0.25) is 0 Å². The van der Waals surface area contributed by atoms with E-state index in [0.29, 0.717) is 59.5 Å². The second kappa shape index (κ2) is 16.5. The zero-order valence-electron chi connectivity index (χ0n) is 37.4. The summed E-state index contributed by atoms with van der Waals surface area (Å²) in [6, 6.07) is 22.1. The van der Waals surface area contributed by atoms with E-state index in [-0.39, 0.29) is 27.9 Å². The van der Waals surface area contributed by atoms with E-state index in [1.165, 1.54) is 55.5 Å². The monoisotopic (exact) mass is 900 g/mol. The van der Waals surface area contributed by atoms with Crippen LogP contribution in [0.15, 0.2) is 84.0 Å². The molecule has 2 aromatic heterocycles. The fourth-order valence-corrected chi connectivity index (χ4v) is 12.5. The Balaban J connectivity index is 0.798. The van der Waals surface area contributed by atoms with Crippen LogP contribution >= 0.6 is 0 Å². The quantitative estimate of drug-likeness (QED) is 0.0952. The van der Waals surface area contributed by atoms with Crippen LogP contribution in [-0.2, 0) is 14.8 Å². The number of fused-ring (bicyclic) bond motifs is 2. The molecule has 5 fully saturated rings. The number of morpholine rings is 1. The van der Waals surface area contributed by atoms with Crippen LogP contribution in [0.25, 0.3) is 11.0 Å². The van der Waals surface area contributed by atoms with Gasteiger partial charge in [0, 0.05) is 74.2 Å². The number of carbonyl (C=O) groups excluding carboxylic acids is 1. The van der Waals surface area contributed by atoms with E-state index < -0.39 is 21.5 Å². The second-order valence-corrected chi connectivity index (χ2v) is 21.4. The summed E-state index contributed by atoms with van der Waals surface area (Å²) in [6.07, 6.45) is 12.2. The van der Waals surface area contributed by atoms with E-state index in [0.717, 1.165) is 69.5 Å². The van der Waals surface area contributed by atoms with Crippen molar-refractivity contribution in [3.63, 3.8) is 0 Å². The molecule has 14 nitrogen and oxygen atoms in total. The largest absolute Gasteiger partial charge is 0.483 e. The molecule has 6 heterocycles. The summed E-state index contributed by atoms with van der Waals surface area (Å²) < 4.78 is 48.9. The van der Waals surface area contributed by atoms with Gasteiger partial charge in [0.15, 0.2) is 0 Å². The summed E-state index contributed by atoms with van der Waals surface area (Å²) in [6.45, 7) is 11.4. The standard InChI is InChI=1S/C50H60N8O6S/c1-32(2)38-6-3-4-7-39(38)42-8-5-17-58(42)35-28-49(29-35)14-18-57(19-15-49)34-9-10-40(43(25-34)63-36-24-33-11-16-52-47(33)53-30-36)48(59)55-65(60,61)37-26-41(51)46-44(27-37)64-50(12-13-50)45(54-46)31-56-20-22-62-23-21-56/h3-4,6-7,9-11,16,24-27,30,32,35,42,45,54H,5,8,12-15,17-23,28-29,31,51H2,1-2H3,(H,52,53)(H,55,59)/t42-,45?/m0/s1. The van der Waals surface area contributed by atoms with Gasteiger partial charge in [0.1, 0.15) is 34.2 Å². The van der Waals surface area contributed by atoms with Crippen molar-refractivity contribution < 1.29 is 27.4 Å². The first-order valence-corrected chi connectivity index (χ1v) is 25.0. The third-order valence-corrected chi connectivity index (χ3v) is 16.6. The van der Waals surface area contributed by atoms with Gasteiger partial charge < -0.3 is 35.1 Å². The first kappa shape index (κ1) is 42.3. The highest BCUT2D eigenvalue weighted by Crippen LogP contribution is 2.55. The number of nitrogen functional groups attached to an aromatic ring is 1. The normalized spacial score (nSPS) is 23.0. The number of hydrogen-bond acceptors (Lipinski definition) is 12. The van der Waals surface area contributed by atoms with Crippen LogP contribution in [0.3, 0.4) is 0 Å². The Kier molecular flexibility index (Phi) is 10.7. The number of anilines is 3. The number of nitrogens with one attached hydrogen (secondary N) is 3. The molecule has 342 valence electrons. The number of nitrogens with zero attached hydrogens (tertiary/aromatic N) is 4. The molecule has 15 heteroatoms. The molecule has 5 N–H and O–H groups in total. The molecule has 2 aliphatic carbocycles. The number of sulfonamides is 1. The average molecular weight is 901 g/mol. The van der Waals surface area contributed by atoms with Crippen molar-refractivity contribution >= 4 is 44.0 Å². The zero-order chi connectivity index (χ0) is 44.5. The highest BCUT2D eigenvalue weighted by atomic mass is 32.2. The molecule has 0 radical (unpaired) electrons. The number of aromatic amines is 1. The van der Waals surface area contributed by atoms with Crippen LogP contribution in [0.4, 0.5) is 17.1 Å². The van der Waals surface area contributed by atoms with Gasteiger partial charge in [-0.15, -0.1) is 0 Å². The summed E-state index contributed by atoms with van der Waals surface area (Å²) in [5, 5.41) is 4.42. The van der Waals surface area contributed by atoms with Crippen molar-refractivity contribution in [2.24, 2.45) is 5.41 Å². The SMILES string of the molecule is CC(C)c1ccccc1[C@@H]1CCCN1C1CC2(CCN(c3ccc(C(=O)NS(=O)(=O)c4cc(N)c5c(c4)OC4(CC4)C(CN4CCOCC4)N5)c(Oc4cnc5[nH]ccc5c4)c3)CC2)C1. The first-order chi connectivity index (χ1) is 31.4. The minimum atomic E-state index is -4.40. The lowest BCUT2D eigenvalue weighted by Gasteiger charge is -2.56. The van der Waals surface area contributed by atoms with Gasteiger partial charge >= 0.3 is 0 Å². The van der Waals surface area contributed by atoms with Crippen molar-refractivity contribution in [1.82, 2.24) is 24.5 Å². The molecule has 1 unspecified atom stereocenters. The number of aromatic nitrogens is 2. The Bertz CT molecular complexity index is 2710. The van der Waals surface area contributed by atoms with Crippen LogP contribution in [0.5, 0.6) is 17.2 Å². The van der Waals surface area contributed by atoms with Gasteiger partial charge in [-0.2, -0.15) is 0 Å². The number of pyridine rings is 1. The van der Waals surface area contributed by atoms with Gasteiger partial charge in [-0.3, -0.25) is 14.6 Å². The average Bonchev–Trinajstić information content (AvgIpc) is 3.63. The lowest BCUT2D eigenvalue weighted by atomic mass is 9.59. The molecule has 2 atom stereocenters. The predicted molar refractivity (Wildman–Crippen MR) is 251 cm³/mol. The van der Waals surface area contributed by atoms with Crippen molar-refractivity contribution in [3.8, 4) is 17.2 Å². The topological polar surface area (TPSA) is 167 Å². The molecule has 0 bridgehead atoms. The predicted octanol–water partition coefficient (Wildman–Crippen LogP) is 7.80. The Labute approximate surface area is 381 Å². The molecule has 11 rings (SSSR count). The van der Waals surface area contributed by atoms with E-state index in [4.69, 9.17) is 19.9 Å². The maximum absolute atomic E-state index is 14.2. The van der Waals surface area contributed by atoms with E-state index in [2.05, 4.69) is 72.8 Å². The highest BCUT2D eigenvalue weighted by molar-refractivity contribution is 7.90. The molecular weight excluding hydrogens is 841 g/mol. The number of rotatable bonds is 11. The van der Waals surface area contributed by atoms with Crippen LogP contribution < -0.4 is 30.1 Å². The summed E-state index contributed by atoms with van der Waals surface area (Å²) in [4.78, 5) is 29.1. The second-order valence-electron chi connectivity index (χ2n) is 19.7. The number of amides is 1. The van der Waals surface area contributed by atoms with Crippen molar-refractivity contribution in [3.05, 3.63) is 95.8 Å². The lowest BCUT2D eigenvalue weighted by Crippen LogP contribution is -2.54. The number of ether oxygens (including phenoxy) is 3. The highest BCUT2D eigenvalue weighted by Gasteiger charge is 2.56. The van der Waals surface area contributed by atoms with Crippen molar-refractivity contribution in [2.75, 3.05) is 68.4 Å². The number of carbonyl (C=O) groups is 1. The molecule has 65 heavy (non-hydrogen) atoms. The first-order valence-electron chi connectivity index (χ1n) is 23.6. The van der Waals surface area contributed by atoms with Gasteiger partial charge in [-0.05, 0) is 111 Å². The van der Waals surface area contributed by atoms with E-state index in [1.54, 1.807) is 18.5 Å². The van der Waals surface area contributed by atoms with E-state index in [1.807, 2.05) is 24.3 Å². The van der Waals surface area contributed by atoms with Crippen LogP contribution in [-0.4, -0.2) is 104 Å². The Morgan fingerprint density at radius 2 is 1.78 bits per heavy atom. The maximum Gasteiger partial charge on any atom is 0.268 e. The van der Waals surface area contributed by atoms with Crippen LogP contribution in [0.1, 0.15) is 98.7 Å². The van der Waals surface area contributed by atoms with Gasteiger partial charge in [-0.25, -0.2) is 18.1 Å².